The third kappa shape index (κ3) is 2.39. The van der Waals surface area contributed by atoms with Crippen LogP contribution >= 0.6 is 0 Å². The summed E-state index contributed by atoms with van der Waals surface area (Å²) in [5.74, 6) is -0.607. The van der Waals surface area contributed by atoms with Gasteiger partial charge in [0.2, 0.25) is 0 Å². The average Bonchev–Trinajstić information content (AvgIpc) is 3.01. The van der Waals surface area contributed by atoms with Gasteiger partial charge in [0.15, 0.2) is 5.82 Å². The van der Waals surface area contributed by atoms with E-state index in [-0.39, 0.29) is 22.6 Å². The summed E-state index contributed by atoms with van der Waals surface area (Å²) in [4.78, 5) is 14.4. The van der Waals surface area contributed by atoms with E-state index in [1.165, 1.54) is 12.3 Å². The number of nitro groups is 1. The van der Waals surface area contributed by atoms with Crippen LogP contribution in [-0.2, 0) is 0 Å². The molecule has 1 aromatic carbocycles. The van der Waals surface area contributed by atoms with E-state index in [1.54, 1.807) is 19.1 Å². The minimum absolute atomic E-state index is 0.137. The van der Waals surface area contributed by atoms with E-state index in [9.17, 15) is 14.5 Å². The van der Waals surface area contributed by atoms with Gasteiger partial charge in [-0.2, -0.15) is 0 Å². The van der Waals surface area contributed by atoms with Gasteiger partial charge in [-0.25, -0.2) is 9.49 Å². The van der Waals surface area contributed by atoms with Crippen molar-refractivity contribution < 1.29 is 9.31 Å². The van der Waals surface area contributed by atoms with Crippen LogP contribution in [0.4, 0.5) is 10.1 Å². The first-order valence-electron chi connectivity index (χ1n) is 6.21. The fourth-order valence-corrected chi connectivity index (χ4v) is 2.07. The van der Waals surface area contributed by atoms with Gasteiger partial charge in [0.1, 0.15) is 5.82 Å². The van der Waals surface area contributed by atoms with Crippen molar-refractivity contribution in [1.82, 2.24) is 25.6 Å². The van der Waals surface area contributed by atoms with Crippen LogP contribution in [-0.4, -0.2) is 30.5 Å². The van der Waals surface area contributed by atoms with Crippen molar-refractivity contribution in [2.45, 2.75) is 6.92 Å². The number of hydrogen-bond donors (Lipinski definition) is 1. The van der Waals surface area contributed by atoms with Crippen molar-refractivity contribution in [2.24, 2.45) is 0 Å². The standard InChI is InChI=1S/C13H9FN6O2/c1-7-2-3-8(6-15-7)12-10(13-16-18-19-17-13)4-9(20(21)22)5-11(12)14/h2-6H,1H3,(H,16,17,18,19). The van der Waals surface area contributed by atoms with Crippen LogP contribution in [0.3, 0.4) is 0 Å². The number of tetrazole rings is 1. The molecule has 0 saturated heterocycles. The van der Waals surface area contributed by atoms with Gasteiger partial charge in [-0.3, -0.25) is 15.1 Å². The molecule has 3 rings (SSSR count). The van der Waals surface area contributed by atoms with E-state index < -0.39 is 10.7 Å². The van der Waals surface area contributed by atoms with E-state index in [0.717, 1.165) is 11.8 Å². The number of pyridine rings is 1. The molecular weight excluding hydrogens is 291 g/mol. The first-order chi connectivity index (χ1) is 10.6. The SMILES string of the molecule is Cc1ccc(-c2c(F)cc([N+](=O)[O-])cc2-c2nnn[nH]2)cn1. The maximum Gasteiger partial charge on any atom is 0.273 e. The molecule has 8 nitrogen and oxygen atoms in total. The van der Waals surface area contributed by atoms with Crippen molar-refractivity contribution in [3.05, 3.63) is 52.1 Å². The largest absolute Gasteiger partial charge is 0.273 e. The topological polar surface area (TPSA) is 110 Å². The van der Waals surface area contributed by atoms with E-state index in [4.69, 9.17) is 0 Å². The minimum Gasteiger partial charge on any atom is -0.261 e. The number of nitrogens with zero attached hydrogens (tertiary/aromatic N) is 5. The van der Waals surface area contributed by atoms with Gasteiger partial charge in [-0.05, 0) is 23.4 Å². The van der Waals surface area contributed by atoms with E-state index in [2.05, 4.69) is 25.6 Å². The van der Waals surface area contributed by atoms with Crippen LogP contribution in [0.5, 0.6) is 0 Å². The Labute approximate surface area is 123 Å². The highest BCUT2D eigenvalue weighted by atomic mass is 19.1. The van der Waals surface area contributed by atoms with Crippen molar-refractivity contribution >= 4 is 5.69 Å². The molecule has 2 aromatic heterocycles. The summed E-state index contributed by atoms with van der Waals surface area (Å²) in [7, 11) is 0. The second kappa shape index (κ2) is 5.28. The molecule has 0 aliphatic rings. The summed E-state index contributed by atoms with van der Waals surface area (Å²) in [5, 5.41) is 24.0. The molecule has 110 valence electrons. The van der Waals surface area contributed by atoms with Gasteiger partial charge in [0.25, 0.3) is 5.69 Å². The zero-order chi connectivity index (χ0) is 15.7. The first-order valence-corrected chi connectivity index (χ1v) is 6.21. The highest BCUT2D eigenvalue weighted by Gasteiger charge is 2.21. The Balaban J connectivity index is 2.28. The minimum atomic E-state index is -0.744. The Morgan fingerprint density at radius 2 is 2.14 bits per heavy atom. The fourth-order valence-electron chi connectivity index (χ4n) is 2.07. The molecule has 2 heterocycles. The molecule has 0 bridgehead atoms. The van der Waals surface area contributed by atoms with Crippen LogP contribution < -0.4 is 0 Å². The Morgan fingerprint density at radius 3 is 2.73 bits per heavy atom. The number of aromatic nitrogens is 5. The molecule has 0 amide bonds. The maximum atomic E-state index is 14.4. The van der Waals surface area contributed by atoms with Gasteiger partial charge < -0.3 is 0 Å². The summed E-state index contributed by atoms with van der Waals surface area (Å²) in [5.41, 5.74) is 1.21. The number of aryl methyl sites for hydroxylation is 1. The lowest BCUT2D eigenvalue weighted by molar-refractivity contribution is -0.385. The van der Waals surface area contributed by atoms with Crippen LogP contribution in [0.2, 0.25) is 0 Å². The zero-order valence-corrected chi connectivity index (χ0v) is 11.3. The Hall–Kier alpha value is -3.23. The lowest BCUT2D eigenvalue weighted by atomic mass is 9.99. The number of benzene rings is 1. The molecule has 0 spiro atoms. The number of aromatic amines is 1. The van der Waals surface area contributed by atoms with Gasteiger partial charge in [0.05, 0.1) is 11.0 Å². The van der Waals surface area contributed by atoms with Crippen molar-refractivity contribution in [2.75, 3.05) is 0 Å². The predicted octanol–water partition coefficient (Wildman–Crippen LogP) is 2.28. The quantitative estimate of drug-likeness (QED) is 0.587. The Bertz CT molecular complexity index is 832. The number of nitrogens with one attached hydrogen (secondary N) is 1. The summed E-state index contributed by atoms with van der Waals surface area (Å²) in [6.45, 7) is 1.80. The van der Waals surface area contributed by atoms with Crippen molar-refractivity contribution in [1.29, 1.82) is 0 Å². The first kappa shape index (κ1) is 13.7. The number of rotatable bonds is 3. The molecule has 9 heteroatoms. The molecule has 1 N–H and O–H groups in total. The summed E-state index contributed by atoms with van der Waals surface area (Å²) < 4.78 is 14.4. The Kier molecular flexibility index (Phi) is 3.30. The molecule has 0 unspecified atom stereocenters. The fraction of sp³-hybridized carbons (Fsp3) is 0.0769. The summed E-state index contributed by atoms with van der Waals surface area (Å²) in [6.07, 6.45) is 1.49. The van der Waals surface area contributed by atoms with Crippen LogP contribution in [0.15, 0.2) is 30.5 Å². The highest BCUT2D eigenvalue weighted by Crippen LogP contribution is 2.35. The molecular formula is C13H9FN6O2. The monoisotopic (exact) mass is 300 g/mol. The Morgan fingerprint density at radius 1 is 1.32 bits per heavy atom. The van der Waals surface area contributed by atoms with Crippen molar-refractivity contribution in [3.8, 4) is 22.5 Å². The van der Waals surface area contributed by atoms with Crippen molar-refractivity contribution in [3.63, 3.8) is 0 Å². The second-order valence-electron chi connectivity index (χ2n) is 4.55. The molecule has 0 fully saturated rings. The van der Waals surface area contributed by atoms with Crippen LogP contribution in [0.1, 0.15) is 5.69 Å². The number of hydrogen-bond acceptors (Lipinski definition) is 6. The van der Waals surface area contributed by atoms with Gasteiger partial charge in [0, 0.05) is 34.6 Å². The lowest BCUT2D eigenvalue weighted by Crippen LogP contribution is -1.97. The predicted molar refractivity (Wildman–Crippen MR) is 74.2 cm³/mol. The zero-order valence-electron chi connectivity index (χ0n) is 11.3. The molecule has 0 radical (unpaired) electrons. The number of non-ortho nitro benzene ring substituents is 1. The maximum absolute atomic E-state index is 14.4. The van der Waals surface area contributed by atoms with Crippen LogP contribution in [0, 0.1) is 22.9 Å². The third-order valence-electron chi connectivity index (χ3n) is 3.09. The highest BCUT2D eigenvalue weighted by molar-refractivity contribution is 5.82. The molecule has 3 aromatic rings. The smallest absolute Gasteiger partial charge is 0.261 e. The van der Waals surface area contributed by atoms with E-state index in [0.29, 0.717) is 5.56 Å². The molecule has 22 heavy (non-hydrogen) atoms. The second-order valence-corrected chi connectivity index (χ2v) is 4.55. The average molecular weight is 300 g/mol. The summed E-state index contributed by atoms with van der Waals surface area (Å²) in [6, 6.07) is 5.49. The number of nitro benzene ring substituents is 1. The number of halogens is 1. The number of H-pyrrole nitrogens is 1. The van der Waals surface area contributed by atoms with Gasteiger partial charge in [-0.1, -0.05) is 6.07 Å². The normalized spacial score (nSPS) is 10.6. The van der Waals surface area contributed by atoms with E-state index in [1.807, 2.05) is 0 Å². The van der Waals surface area contributed by atoms with Gasteiger partial charge >= 0.3 is 0 Å². The molecule has 0 atom stereocenters. The molecule has 0 aliphatic carbocycles. The summed E-state index contributed by atoms with van der Waals surface area (Å²) >= 11 is 0. The lowest BCUT2D eigenvalue weighted by Gasteiger charge is -2.09. The van der Waals surface area contributed by atoms with Gasteiger partial charge in [-0.15, -0.1) is 5.10 Å². The molecule has 0 aliphatic heterocycles. The van der Waals surface area contributed by atoms with E-state index >= 15 is 0 Å². The third-order valence-corrected chi connectivity index (χ3v) is 3.09. The molecule has 0 saturated carbocycles. The van der Waals surface area contributed by atoms with Crippen LogP contribution in [0.25, 0.3) is 22.5 Å².